The normalized spacial score (nSPS) is 10.1. The van der Waals surface area contributed by atoms with Gasteiger partial charge in [-0.1, -0.05) is 18.2 Å². The van der Waals surface area contributed by atoms with Crippen molar-refractivity contribution in [2.75, 3.05) is 25.0 Å². The quantitative estimate of drug-likeness (QED) is 0.484. The molecule has 0 fully saturated rings. The van der Waals surface area contributed by atoms with Gasteiger partial charge in [0.1, 0.15) is 0 Å². The first-order valence-electron chi connectivity index (χ1n) is 7.37. The minimum atomic E-state index is -0.485. The molecular weight excluding hydrogens is 294 g/mol. The monoisotopic (exact) mass is 313 g/mol. The molecule has 6 heteroatoms. The van der Waals surface area contributed by atoms with Crippen molar-refractivity contribution in [1.82, 2.24) is 5.32 Å². The second-order valence-electron chi connectivity index (χ2n) is 5.17. The summed E-state index contributed by atoms with van der Waals surface area (Å²) >= 11 is 0. The number of non-ortho nitro benzene ring substituents is 1. The fourth-order valence-electron chi connectivity index (χ4n) is 2.17. The first kappa shape index (κ1) is 16.5. The molecular formula is C17H19N3O3. The fraction of sp³-hybridized carbons (Fsp3) is 0.235. The van der Waals surface area contributed by atoms with Crippen LogP contribution in [-0.2, 0) is 0 Å². The number of hydrogen-bond acceptors (Lipinski definition) is 4. The fourth-order valence-corrected chi connectivity index (χ4v) is 2.17. The van der Waals surface area contributed by atoms with Crippen molar-refractivity contribution in [2.24, 2.45) is 0 Å². The molecule has 0 saturated carbocycles. The highest BCUT2D eigenvalue weighted by Crippen LogP contribution is 2.12. The van der Waals surface area contributed by atoms with Crippen molar-refractivity contribution in [3.63, 3.8) is 0 Å². The first-order valence-corrected chi connectivity index (χ1v) is 7.37. The van der Waals surface area contributed by atoms with E-state index in [4.69, 9.17) is 0 Å². The van der Waals surface area contributed by atoms with Crippen molar-refractivity contribution in [2.45, 2.75) is 6.42 Å². The predicted molar refractivity (Wildman–Crippen MR) is 89.8 cm³/mol. The third-order valence-electron chi connectivity index (χ3n) is 3.49. The van der Waals surface area contributed by atoms with Gasteiger partial charge in [0, 0.05) is 43.5 Å². The average molecular weight is 313 g/mol. The van der Waals surface area contributed by atoms with E-state index in [1.54, 1.807) is 0 Å². The van der Waals surface area contributed by atoms with Crippen LogP contribution in [0.4, 0.5) is 11.4 Å². The molecule has 23 heavy (non-hydrogen) atoms. The molecule has 2 rings (SSSR count). The van der Waals surface area contributed by atoms with Crippen molar-refractivity contribution in [1.29, 1.82) is 0 Å². The van der Waals surface area contributed by atoms with Gasteiger partial charge in [0.15, 0.2) is 0 Å². The molecule has 0 atom stereocenters. The molecule has 0 aromatic heterocycles. The van der Waals surface area contributed by atoms with E-state index in [2.05, 4.69) is 10.2 Å². The number of hydrogen-bond donors (Lipinski definition) is 1. The van der Waals surface area contributed by atoms with Crippen molar-refractivity contribution in [3.05, 3.63) is 70.3 Å². The number of anilines is 1. The second-order valence-corrected chi connectivity index (χ2v) is 5.17. The molecule has 0 bridgehead atoms. The number of rotatable bonds is 7. The number of nitro groups is 1. The number of para-hydroxylation sites is 1. The number of carbonyl (C=O) groups is 1. The molecule has 2 aromatic carbocycles. The summed E-state index contributed by atoms with van der Waals surface area (Å²) in [5.74, 6) is -0.220. The molecule has 0 aliphatic rings. The lowest BCUT2D eigenvalue weighted by Gasteiger charge is -2.19. The molecule has 2 aromatic rings. The Morgan fingerprint density at radius 3 is 2.39 bits per heavy atom. The molecule has 1 amide bonds. The second kappa shape index (κ2) is 7.93. The van der Waals surface area contributed by atoms with Crippen LogP contribution in [0.25, 0.3) is 0 Å². The maximum atomic E-state index is 11.9. The Morgan fingerprint density at radius 1 is 1.13 bits per heavy atom. The Bertz CT molecular complexity index is 657. The van der Waals surface area contributed by atoms with E-state index < -0.39 is 4.92 Å². The maximum absolute atomic E-state index is 11.9. The van der Waals surface area contributed by atoms with Crippen LogP contribution >= 0.6 is 0 Å². The van der Waals surface area contributed by atoms with Crippen LogP contribution in [0.5, 0.6) is 0 Å². The van der Waals surface area contributed by atoms with Gasteiger partial charge in [0.2, 0.25) is 0 Å². The van der Waals surface area contributed by atoms with Crippen LogP contribution in [0.15, 0.2) is 54.6 Å². The van der Waals surface area contributed by atoms with E-state index >= 15 is 0 Å². The Kier molecular flexibility index (Phi) is 5.68. The van der Waals surface area contributed by atoms with Gasteiger partial charge in [0.25, 0.3) is 11.6 Å². The molecule has 0 aliphatic carbocycles. The van der Waals surface area contributed by atoms with Gasteiger partial charge in [-0.2, -0.15) is 0 Å². The molecule has 0 heterocycles. The van der Waals surface area contributed by atoms with E-state index in [1.807, 2.05) is 37.4 Å². The minimum absolute atomic E-state index is 0.0222. The summed E-state index contributed by atoms with van der Waals surface area (Å²) < 4.78 is 0. The van der Waals surface area contributed by atoms with Gasteiger partial charge in [-0.15, -0.1) is 0 Å². The van der Waals surface area contributed by atoms with Gasteiger partial charge < -0.3 is 10.2 Å². The molecule has 0 spiro atoms. The predicted octanol–water partition coefficient (Wildman–Crippen LogP) is 2.85. The highest BCUT2D eigenvalue weighted by molar-refractivity contribution is 5.94. The van der Waals surface area contributed by atoms with Crippen molar-refractivity contribution in [3.8, 4) is 0 Å². The highest BCUT2D eigenvalue weighted by atomic mass is 16.6. The smallest absolute Gasteiger partial charge is 0.269 e. The van der Waals surface area contributed by atoms with Crippen LogP contribution in [0.2, 0.25) is 0 Å². The first-order chi connectivity index (χ1) is 11.1. The summed E-state index contributed by atoms with van der Waals surface area (Å²) in [5.41, 5.74) is 1.53. The van der Waals surface area contributed by atoms with E-state index in [0.29, 0.717) is 12.1 Å². The largest absolute Gasteiger partial charge is 0.375 e. The van der Waals surface area contributed by atoms with Crippen LogP contribution < -0.4 is 10.2 Å². The lowest BCUT2D eigenvalue weighted by molar-refractivity contribution is -0.384. The lowest BCUT2D eigenvalue weighted by Crippen LogP contribution is -2.28. The summed E-state index contributed by atoms with van der Waals surface area (Å²) in [7, 11) is 2.01. The molecule has 6 nitrogen and oxygen atoms in total. The number of carbonyl (C=O) groups excluding carboxylic acids is 1. The highest BCUT2D eigenvalue weighted by Gasteiger charge is 2.09. The molecule has 0 aliphatic heterocycles. The van der Waals surface area contributed by atoms with Gasteiger partial charge in [-0.3, -0.25) is 14.9 Å². The van der Waals surface area contributed by atoms with Crippen LogP contribution in [0.1, 0.15) is 16.8 Å². The van der Waals surface area contributed by atoms with E-state index in [-0.39, 0.29) is 11.6 Å². The van der Waals surface area contributed by atoms with Crippen molar-refractivity contribution >= 4 is 17.3 Å². The van der Waals surface area contributed by atoms with Gasteiger partial charge in [-0.25, -0.2) is 0 Å². The molecule has 120 valence electrons. The molecule has 0 unspecified atom stereocenters. The zero-order valence-electron chi connectivity index (χ0n) is 12.9. The zero-order chi connectivity index (χ0) is 16.7. The summed E-state index contributed by atoms with van der Waals surface area (Å²) in [6.45, 7) is 1.37. The van der Waals surface area contributed by atoms with Crippen LogP contribution in [0.3, 0.4) is 0 Å². The standard InChI is InChI=1S/C17H19N3O3/c1-19(15-6-3-2-4-7-15)13-5-12-18-17(21)14-8-10-16(11-9-14)20(22)23/h2-4,6-11H,5,12-13H2,1H3,(H,18,21). The van der Waals surface area contributed by atoms with E-state index in [9.17, 15) is 14.9 Å². The van der Waals surface area contributed by atoms with E-state index in [0.717, 1.165) is 18.7 Å². The summed E-state index contributed by atoms with van der Waals surface area (Å²) in [6, 6.07) is 15.6. The third kappa shape index (κ3) is 4.81. The number of nitro benzene ring substituents is 1. The summed E-state index contributed by atoms with van der Waals surface area (Å²) in [4.78, 5) is 24.2. The van der Waals surface area contributed by atoms with Gasteiger partial charge >= 0.3 is 0 Å². The SMILES string of the molecule is CN(CCCNC(=O)c1ccc([N+](=O)[O-])cc1)c1ccccc1. The minimum Gasteiger partial charge on any atom is -0.375 e. The zero-order valence-corrected chi connectivity index (χ0v) is 12.9. The molecule has 0 radical (unpaired) electrons. The Labute approximate surface area is 134 Å². The average Bonchev–Trinajstić information content (AvgIpc) is 2.59. The van der Waals surface area contributed by atoms with Gasteiger partial charge in [0.05, 0.1) is 4.92 Å². The molecule has 1 N–H and O–H groups in total. The van der Waals surface area contributed by atoms with Crippen molar-refractivity contribution < 1.29 is 9.72 Å². The summed E-state index contributed by atoms with van der Waals surface area (Å²) in [5, 5.41) is 13.4. The topological polar surface area (TPSA) is 75.5 Å². The Morgan fingerprint density at radius 2 is 1.78 bits per heavy atom. The maximum Gasteiger partial charge on any atom is 0.269 e. The molecule has 0 saturated heterocycles. The lowest BCUT2D eigenvalue weighted by atomic mass is 10.2. The van der Waals surface area contributed by atoms with Gasteiger partial charge in [-0.05, 0) is 30.7 Å². The van der Waals surface area contributed by atoms with E-state index in [1.165, 1.54) is 24.3 Å². The number of nitrogens with one attached hydrogen (secondary N) is 1. The van der Waals surface area contributed by atoms with Crippen LogP contribution in [-0.4, -0.2) is 31.0 Å². The number of nitrogens with zero attached hydrogens (tertiary/aromatic N) is 2. The number of amides is 1. The van der Waals surface area contributed by atoms with Crippen LogP contribution in [0, 0.1) is 10.1 Å². The third-order valence-corrected chi connectivity index (χ3v) is 3.49. The Hall–Kier alpha value is -2.89. The number of benzene rings is 2. The summed E-state index contributed by atoms with van der Waals surface area (Å²) in [6.07, 6.45) is 0.810. The Balaban J connectivity index is 1.75.